The fourth-order valence-corrected chi connectivity index (χ4v) is 2.30. The number of hydrogen-bond acceptors (Lipinski definition) is 5. The molecule has 2 aromatic rings. The summed E-state index contributed by atoms with van der Waals surface area (Å²) in [4.78, 5) is 12.1. The first-order valence-corrected chi connectivity index (χ1v) is 8.16. The van der Waals surface area contributed by atoms with E-state index in [9.17, 15) is 4.79 Å². The molecule has 0 unspecified atom stereocenters. The molecule has 0 aliphatic heterocycles. The second-order valence-corrected chi connectivity index (χ2v) is 5.42. The largest absolute Gasteiger partial charge is 0.351 e. The van der Waals surface area contributed by atoms with Crippen LogP contribution in [-0.4, -0.2) is 40.4 Å². The van der Waals surface area contributed by atoms with E-state index in [-0.39, 0.29) is 11.6 Å². The molecule has 0 saturated heterocycles. The highest BCUT2D eigenvalue weighted by Crippen LogP contribution is 2.10. The van der Waals surface area contributed by atoms with Gasteiger partial charge < -0.3 is 14.8 Å². The Labute approximate surface area is 145 Å². The van der Waals surface area contributed by atoms with Crippen LogP contribution < -0.4 is 5.32 Å². The van der Waals surface area contributed by atoms with Crippen LogP contribution in [0.1, 0.15) is 29.9 Å². The maximum atomic E-state index is 12.1. The van der Waals surface area contributed by atoms with Crippen molar-refractivity contribution >= 4 is 17.5 Å². The highest BCUT2D eigenvalue weighted by atomic mass is 35.5. The van der Waals surface area contributed by atoms with Crippen LogP contribution in [0.3, 0.4) is 0 Å². The van der Waals surface area contributed by atoms with E-state index in [2.05, 4.69) is 15.6 Å². The summed E-state index contributed by atoms with van der Waals surface area (Å²) in [6.07, 6.45) is 1.15. The van der Waals surface area contributed by atoms with Crippen LogP contribution in [0.25, 0.3) is 0 Å². The topological polar surface area (TPSA) is 78.3 Å². The van der Waals surface area contributed by atoms with Crippen LogP contribution in [0.2, 0.25) is 5.02 Å². The minimum Gasteiger partial charge on any atom is -0.351 e. The van der Waals surface area contributed by atoms with Gasteiger partial charge in [0.1, 0.15) is 0 Å². The number of carbonyl (C=O) groups excluding carboxylic acids is 1. The molecule has 24 heavy (non-hydrogen) atoms. The molecule has 0 spiro atoms. The molecule has 0 fully saturated rings. The lowest BCUT2D eigenvalue weighted by Gasteiger charge is -2.16. The molecule has 130 valence electrons. The third-order valence-electron chi connectivity index (χ3n) is 3.15. The van der Waals surface area contributed by atoms with Gasteiger partial charge in [0, 0.05) is 24.8 Å². The predicted octanol–water partition coefficient (Wildman–Crippen LogP) is 2.26. The van der Waals surface area contributed by atoms with Gasteiger partial charge in [0.15, 0.2) is 12.0 Å². The number of aromatic nitrogens is 3. The van der Waals surface area contributed by atoms with Gasteiger partial charge in [-0.3, -0.25) is 4.79 Å². The van der Waals surface area contributed by atoms with Gasteiger partial charge in [0.05, 0.1) is 12.7 Å². The van der Waals surface area contributed by atoms with E-state index in [1.54, 1.807) is 18.3 Å². The molecule has 7 nitrogen and oxygen atoms in total. The van der Waals surface area contributed by atoms with Crippen molar-refractivity contribution in [2.45, 2.75) is 33.2 Å². The van der Waals surface area contributed by atoms with Crippen molar-refractivity contribution in [1.82, 2.24) is 20.3 Å². The normalized spacial score (nSPS) is 11.0. The Morgan fingerprint density at radius 3 is 2.75 bits per heavy atom. The van der Waals surface area contributed by atoms with Crippen LogP contribution in [0.4, 0.5) is 0 Å². The van der Waals surface area contributed by atoms with Gasteiger partial charge in [-0.25, -0.2) is 4.68 Å². The van der Waals surface area contributed by atoms with Crippen molar-refractivity contribution in [1.29, 1.82) is 0 Å². The lowest BCUT2D eigenvalue weighted by molar-refractivity contribution is -0.145. The zero-order valence-electron chi connectivity index (χ0n) is 13.7. The SMILES string of the molecule is CCOC(Cn1cc(C(=O)NCc2cccc(Cl)c2)nn1)OCC. The zero-order chi connectivity index (χ0) is 17.4. The number of rotatable bonds is 9. The Bertz CT molecular complexity index is 656. The molecule has 0 aliphatic rings. The molecule has 1 heterocycles. The van der Waals surface area contributed by atoms with E-state index in [4.69, 9.17) is 21.1 Å². The van der Waals surface area contributed by atoms with Crippen LogP contribution in [0, 0.1) is 0 Å². The summed E-state index contributed by atoms with van der Waals surface area (Å²) in [5, 5.41) is 11.2. The van der Waals surface area contributed by atoms with Gasteiger partial charge in [0.2, 0.25) is 0 Å². The summed E-state index contributed by atoms with van der Waals surface area (Å²) in [7, 11) is 0. The van der Waals surface area contributed by atoms with Gasteiger partial charge in [-0.05, 0) is 31.5 Å². The molecule has 1 aromatic carbocycles. The average Bonchev–Trinajstić information content (AvgIpc) is 3.02. The highest BCUT2D eigenvalue weighted by molar-refractivity contribution is 6.30. The molecule has 0 radical (unpaired) electrons. The number of nitrogens with one attached hydrogen (secondary N) is 1. The van der Waals surface area contributed by atoms with Crippen molar-refractivity contribution in [3.8, 4) is 0 Å². The monoisotopic (exact) mass is 352 g/mol. The molecule has 0 aliphatic carbocycles. The Hall–Kier alpha value is -1.96. The standard InChI is InChI=1S/C16H21ClN4O3/c1-3-23-15(24-4-2)11-21-10-14(19-20-21)16(22)18-9-12-6-5-7-13(17)8-12/h5-8,10,15H,3-4,9,11H2,1-2H3,(H,18,22). The molecule has 1 N–H and O–H groups in total. The molecule has 0 saturated carbocycles. The zero-order valence-corrected chi connectivity index (χ0v) is 14.5. The number of carbonyl (C=O) groups is 1. The number of nitrogens with zero attached hydrogens (tertiary/aromatic N) is 3. The molecule has 8 heteroatoms. The van der Waals surface area contributed by atoms with E-state index in [0.717, 1.165) is 5.56 Å². The molecule has 1 aromatic heterocycles. The number of hydrogen-bond donors (Lipinski definition) is 1. The third-order valence-corrected chi connectivity index (χ3v) is 3.39. The van der Waals surface area contributed by atoms with Gasteiger partial charge in [0.25, 0.3) is 5.91 Å². The first kappa shape index (κ1) is 18.4. The number of halogens is 1. The fraction of sp³-hybridized carbons (Fsp3) is 0.438. The van der Waals surface area contributed by atoms with Gasteiger partial charge >= 0.3 is 0 Å². The molecule has 0 atom stereocenters. The van der Waals surface area contributed by atoms with Crippen molar-refractivity contribution in [2.24, 2.45) is 0 Å². The minimum absolute atomic E-state index is 0.240. The smallest absolute Gasteiger partial charge is 0.273 e. The van der Waals surface area contributed by atoms with Gasteiger partial charge in [-0.1, -0.05) is 28.9 Å². The van der Waals surface area contributed by atoms with E-state index < -0.39 is 6.29 Å². The highest BCUT2D eigenvalue weighted by Gasteiger charge is 2.14. The van der Waals surface area contributed by atoms with Crippen molar-refractivity contribution in [3.05, 3.63) is 46.7 Å². The summed E-state index contributed by atoms with van der Waals surface area (Å²) in [6.45, 7) is 5.59. The quantitative estimate of drug-likeness (QED) is 0.700. The summed E-state index contributed by atoms with van der Waals surface area (Å²) in [5.74, 6) is -0.300. The Kier molecular flexibility index (Phi) is 7.17. The average molecular weight is 353 g/mol. The molecular weight excluding hydrogens is 332 g/mol. The van der Waals surface area contributed by atoms with E-state index in [1.807, 2.05) is 26.0 Å². The van der Waals surface area contributed by atoms with E-state index >= 15 is 0 Å². The molecule has 1 amide bonds. The Balaban J connectivity index is 1.90. The van der Waals surface area contributed by atoms with Crippen molar-refractivity contribution < 1.29 is 14.3 Å². The second kappa shape index (κ2) is 9.36. The predicted molar refractivity (Wildman–Crippen MR) is 89.7 cm³/mol. The summed E-state index contributed by atoms with van der Waals surface area (Å²) in [5.41, 5.74) is 1.15. The fourth-order valence-electron chi connectivity index (χ4n) is 2.09. The Morgan fingerprint density at radius 2 is 2.08 bits per heavy atom. The van der Waals surface area contributed by atoms with E-state index in [1.165, 1.54) is 4.68 Å². The summed E-state index contributed by atoms with van der Waals surface area (Å²) in [6, 6.07) is 7.30. The summed E-state index contributed by atoms with van der Waals surface area (Å²) >= 11 is 5.92. The van der Waals surface area contributed by atoms with Crippen LogP contribution in [-0.2, 0) is 22.6 Å². The van der Waals surface area contributed by atoms with Crippen LogP contribution in [0.5, 0.6) is 0 Å². The van der Waals surface area contributed by atoms with E-state index in [0.29, 0.717) is 31.3 Å². The molecule has 0 bridgehead atoms. The van der Waals surface area contributed by atoms with Gasteiger partial charge in [-0.15, -0.1) is 5.10 Å². The molecular formula is C16H21ClN4O3. The number of amides is 1. The maximum Gasteiger partial charge on any atom is 0.273 e. The third kappa shape index (κ3) is 5.59. The number of ether oxygens (including phenoxy) is 2. The van der Waals surface area contributed by atoms with Crippen molar-refractivity contribution in [3.63, 3.8) is 0 Å². The number of benzene rings is 1. The van der Waals surface area contributed by atoms with Crippen LogP contribution >= 0.6 is 11.6 Å². The van der Waals surface area contributed by atoms with Gasteiger partial charge in [-0.2, -0.15) is 0 Å². The lowest BCUT2D eigenvalue weighted by atomic mass is 10.2. The van der Waals surface area contributed by atoms with Crippen molar-refractivity contribution in [2.75, 3.05) is 13.2 Å². The lowest BCUT2D eigenvalue weighted by Crippen LogP contribution is -2.24. The summed E-state index contributed by atoms with van der Waals surface area (Å²) < 4.78 is 12.4. The maximum absolute atomic E-state index is 12.1. The first-order chi connectivity index (χ1) is 11.6. The van der Waals surface area contributed by atoms with Crippen LogP contribution in [0.15, 0.2) is 30.5 Å². The first-order valence-electron chi connectivity index (χ1n) is 7.78. The second-order valence-electron chi connectivity index (χ2n) is 4.98. The molecule has 2 rings (SSSR count). The minimum atomic E-state index is -0.413. The Morgan fingerprint density at radius 1 is 1.33 bits per heavy atom.